The van der Waals surface area contributed by atoms with E-state index in [2.05, 4.69) is 30.1 Å². The third-order valence-electron chi connectivity index (χ3n) is 3.82. The van der Waals surface area contributed by atoms with Crippen molar-refractivity contribution in [3.05, 3.63) is 29.3 Å². The van der Waals surface area contributed by atoms with Gasteiger partial charge in [0.05, 0.1) is 15.2 Å². The highest BCUT2D eigenvalue weighted by Gasteiger charge is 2.41. The second-order valence-corrected chi connectivity index (χ2v) is 6.45. The lowest BCUT2D eigenvalue weighted by molar-refractivity contribution is 0.119. The maximum atomic E-state index is 9.61. The van der Waals surface area contributed by atoms with Crippen LogP contribution in [0.25, 0.3) is 10.2 Å². The van der Waals surface area contributed by atoms with Crippen LogP contribution in [0, 0.1) is 11.3 Å². The molecule has 1 aromatic carbocycles. The Morgan fingerprint density at radius 2 is 2.18 bits per heavy atom. The fraction of sp³-hybridized carbons (Fsp3) is 0.500. The summed E-state index contributed by atoms with van der Waals surface area (Å²) in [6.45, 7) is 2.46. The van der Waals surface area contributed by atoms with E-state index < -0.39 is 0 Å². The van der Waals surface area contributed by atoms with Crippen molar-refractivity contribution in [2.75, 3.05) is 6.61 Å². The molecule has 0 amide bonds. The van der Waals surface area contributed by atoms with Crippen molar-refractivity contribution >= 4 is 21.6 Å². The van der Waals surface area contributed by atoms with Crippen LogP contribution in [0.15, 0.2) is 24.3 Å². The summed E-state index contributed by atoms with van der Waals surface area (Å²) in [5.41, 5.74) is 1.12. The van der Waals surface area contributed by atoms with Gasteiger partial charge in [-0.25, -0.2) is 4.98 Å². The normalized spacial score (nSPS) is 19.4. The zero-order valence-electron chi connectivity index (χ0n) is 10.0. The Bertz CT molecular complexity index is 499. The van der Waals surface area contributed by atoms with Gasteiger partial charge in [-0.3, -0.25) is 0 Å². The Kier molecular flexibility index (Phi) is 2.68. The molecule has 0 bridgehead atoms. The summed E-state index contributed by atoms with van der Waals surface area (Å²) in [6.07, 6.45) is 3.44. The lowest BCUT2D eigenvalue weighted by Gasteiger charge is -2.25. The Morgan fingerprint density at radius 3 is 2.82 bits per heavy atom. The maximum absolute atomic E-state index is 9.61. The van der Waals surface area contributed by atoms with E-state index in [0.29, 0.717) is 5.92 Å². The van der Waals surface area contributed by atoms with E-state index in [0.717, 1.165) is 16.9 Å². The molecule has 0 saturated heterocycles. The summed E-state index contributed by atoms with van der Waals surface area (Å²) in [5, 5.41) is 10.8. The Balaban J connectivity index is 1.88. The second-order valence-electron chi connectivity index (χ2n) is 5.34. The molecule has 1 atom stereocenters. The van der Waals surface area contributed by atoms with Crippen LogP contribution in [0.2, 0.25) is 0 Å². The molecule has 1 saturated carbocycles. The molecule has 1 aromatic heterocycles. The van der Waals surface area contributed by atoms with Gasteiger partial charge in [0.25, 0.3) is 0 Å². The van der Waals surface area contributed by atoms with Gasteiger partial charge in [0.1, 0.15) is 0 Å². The smallest absolute Gasteiger partial charge is 0.0945 e. The molecule has 1 aliphatic rings. The SMILES string of the molecule is CC(CO)(Cc1nc2ccccc2s1)C1CC1. The van der Waals surface area contributed by atoms with Crippen molar-refractivity contribution in [1.29, 1.82) is 0 Å². The number of nitrogens with zero attached hydrogens (tertiary/aromatic N) is 1. The summed E-state index contributed by atoms with van der Waals surface area (Å²) in [6, 6.07) is 8.25. The lowest BCUT2D eigenvalue weighted by atomic mass is 9.83. The van der Waals surface area contributed by atoms with Gasteiger partial charge in [-0.1, -0.05) is 19.1 Å². The number of fused-ring (bicyclic) bond motifs is 1. The van der Waals surface area contributed by atoms with Gasteiger partial charge in [0.2, 0.25) is 0 Å². The first kappa shape index (κ1) is 11.2. The molecular weight excluding hydrogens is 230 g/mol. The van der Waals surface area contributed by atoms with Gasteiger partial charge in [-0.15, -0.1) is 11.3 Å². The summed E-state index contributed by atoms with van der Waals surface area (Å²) in [5.74, 6) is 0.694. The summed E-state index contributed by atoms with van der Waals surface area (Å²) >= 11 is 1.76. The third-order valence-corrected chi connectivity index (χ3v) is 4.85. The van der Waals surface area contributed by atoms with Crippen LogP contribution in [-0.2, 0) is 6.42 Å². The van der Waals surface area contributed by atoms with Gasteiger partial charge in [0.15, 0.2) is 0 Å². The van der Waals surface area contributed by atoms with Crippen LogP contribution in [0.1, 0.15) is 24.8 Å². The first-order valence-corrected chi connectivity index (χ1v) is 6.98. The zero-order valence-corrected chi connectivity index (χ0v) is 10.8. The van der Waals surface area contributed by atoms with E-state index in [1.165, 1.54) is 17.5 Å². The van der Waals surface area contributed by atoms with Gasteiger partial charge in [-0.2, -0.15) is 0 Å². The van der Waals surface area contributed by atoms with E-state index in [1.807, 2.05) is 6.07 Å². The molecular formula is C14H17NOS. The zero-order chi connectivity index (χ0) is 11.9. The average Bonchev–Trinajstić information content (AvgIpc) is 3.11. The highest BCUT2D eigenvalue weighted by molar-refractivity contribution is 7.18. The first-order chi connectivity index (χ1) is 8.21. The van der Waals surface area contributed by atoms with E-state index in [1.54, 1.807) is 11.3 Å². The molecule has 2 nitrogen and oxygen atoms in total. The van der Waals surface area contributed by atoms with Crippen LogP contribution < -0.4 is 0 Å². The van der Waals surface area contributed by atoms with Crippen molar-refractivity contribution in [3.63, 3.8) is 0 Å². The number of hydrogen-bond donors (Lipinski definition) is 1. The molecule has 2 aromatic rings. The van der Waals surface area contributed by atoms with E-state index in [-0.39, 0.29) is 12.0 Å². The highest BCUT2D eigenvalue weighted by atomic mass is 32.1. The number of thiazole rings is 1. The molecule has 1 N–H and O–H groups in total. The van der Waals surface area contributed by atoms with Crippen LogP contribution in [0.4, 0.5) is 0 Å². The van der Waals surface area contributed by atoms with Crippen LogP contribution >= 0.6 is 11.3 Å². The Labute approximate surface area is 105 Å². The summed E-state index contributed by atoms with van der Waals surface area (Å²) in [4.78, 5) is 4.66. The molecule has 0 aliphatic heterocycles. The number of rotatable bonds is 4. The highest BCUT2D eigenvalue weighted by Crippen LogP contribution is 2.47. The first-order valence-electron chi connectivity index (χ1n) is 6.16. The Hall–Kier alpha value is -0.930. The van der Waals surface area contributed by atoms with E-state index in [4.69, 9.17) is 0 Å². The number of aliphatic hydroxyl groups is 1. The van der Waals surface area contributed by atoms with Gasteiger partial charge < -0.3 is 5.11 Å². The van der Waals surface area contributed by atoms with Crippen molar-refractivity contribution in [1.82, 2.24) is 4.98 Å². The Morgan fingerprint density at radius 1 is 1.41 bits per heavy atom. The fourth-order valence-electron chi connectivity index (χ4n) is 2.45. The molecule has 90 valence electrons. The fourth-order valence-corrected chi connectivity index (χ4v) is 3.62. The minimum atomic E-state index is 0.0356. The number of para-hydroxylation sites is 1. The number of aliphatic hydroxyl groups excluding tert-OH is 1. The molecule has 3 heteroatoms. The summed E-state index contributed by atoms with van der Waals surface area (Å²) in [7, 11) is 0. The monoisotopic (exact) mass is 247 g/mol. The molecule has 1 fully saturated rings. The maximum Gasteiger partial charge on any atom is 0.0945 e. The van der Waals surface area contributed by atoms with Crippen LogP contribution in [0.5, 0.6) is 0 Å². The van der Waals surface area contributed by atoms with Gasteiger partial charge in [-0.05, 0) is 36.3 Å². The van der Waals surface area contributed by atoms with Crippen molar-refractivity contribution in [3.8, 4) is 0 Å². The standard InChI is InChI=1S/C14H17NOS/c1-14(9-16,10-6-7-10)8-13-15-11-4-2-3-5-12(11)17-13/h2-5,10,16H,6-9H2,1H3. The largest absolute Gasteiger partial charge is 0.396 e. The van der Waals surface area contributed by atoms with Crippen LogP contribution in [-0.4, -0.2) is 16.7 Å². The van der Waals surface area contributed by atoms with Gasteiger partial charge >= 0.3 is 0 Å². The molecule has 3 rings (SSSR count). The quantitative estimate of drug-likeness (QED) is 0.899. The summed E-state index contributed by atoms with van der Waals surface area (Å²) < 4.78 is 1.25. The number of benzene rings is 1. The minimum absolute atomic E-state index is 0.0356. The van der Waals surface area contributed by atoms with Crippen molar-refractivity contribution < 1.29 is 5.11 Å². The van der Waals surface area contributed by atoms with Gasteiger partial charge in [0, 0.05) is 13.0 Å². The molecule has 0 spiro atoms. The predicted octanol–water partition coefficient (Wildman–Crippen LogP) is 3.25. The minimum Gasteiger partial charge on any atom is -0.396 e. The molecule has 1 unspecified atom stereocenters. The van der Waals surface area contributed by atoms with Crippen LogP contribution in [0.3, 0.4) is 0 Å². The number of hydrogen-bond acceptors (Lipinski definition) is 3. The molecule has 1 aliphatic carbocycles. The lowest BCUT2D eigenvalue weighted by Crippen LogP contribution is -2.26. The van der Waals surface area contributed by atoms with E-state index in [9.17, 15) is 5.11 Å². The molecule has 0 radical (unpaired) electrons. The second kappa shape index (κ2) is 4.07. The molecule has 17 heavy (non-hydrogen) atoms. The van der Waals surface area contributed by atoms with Crippen molar-refractivity contribution in [2.45, 2.75) is 26.2 Å². The topological polar surface area (TPSA) is 33.1 Å². The molecule has 1 heterocycles. The third kappa shape index (κ3) is 2.09. The number of aromatic nitrogens is 1. The van der Waals surface area contributed by atoms with Crippen molar-refractivity contribution in [2.24, 2.45) is 11.3 Å². The van der Waals surface area contributed by atoms with E-state index >= 15 is 0 Å². The predicted molar refractivity (Wildman–Crippen MR) is 71.2 cm³/mol. The average molecular weight is 247 g/mol.